The summed E-state index contributed by atoms with van der Waals surface area (Å²) in [5.41, 5.74) is 0.870. The lowest BCUT2D eigenvalue weighted by atomic mass is 10.2. The molecule has 80 valence electrons. The molecule has 0 atom stereocenters. The lowest BCUT2D eigenvalue weighted by Gasteiger charge is -2.06. The van der Waals surface area contributed by atoms with Crippen molar-refractivity contribution in [3.8, 4) is 6.07 Å². The van der Waals surface area contributed by atoms with Gasteiger partial charge in [0.1, 0.15) is 0 Å². The van der Waals surface area contributed by atoms with E-state index in [0.717, 1.165) is 0 Å². The number of hydrogen-bond donors (Lipinski definition) is 1. The molecule has 0 aliphatic rings. The summed E-state index contributed by atoms with van der Waals surface area (Å²) >= 11 is 0. The highest BCUT2D eigenvalue weighted by Crippen LogP contribution is 2.11. The van der Waals surface area contributed by atoms with Crippen LogP contribution in [0.2, 0.25) is 0 Å². The van der Waals surface area contributed by atoms with E-state index < -0.39 is 10.0 Å². The molecule has 0 fully saturated rings. The van der Waals surface area contributed by atoms with Crippen LogP contribution in [0, 0.1) is 11.3 Å². The van der Waals surface area contributed by atoms with Gasteiger partial charge >= 0.3 is 0 Å². The number of nitriles is 1. The van der Waals surface area contributed by atoms with Crippen molar-refractivity contribution in [2.45, 2.75) is 13.3 Å². The number of nitrogens with one attached hydrogen (secondary N) is 1. The standard InChI is InChI=1S/C10H12N2O2S/c1-2-6-15(13,14)12-10-5-3-4-9(7-10)8-11/h3-5,7,12H,2,6H2,1H3. The summed E-state index contributed by atoms with van der Waals surface area (Å²) in [6.45, 7) is 1.80. The second-order valence-electron chi connectivity index (χ2n) is 3.11. The van der Waals surface area contributed by atoms with Gasteiger partial charge in [0, 0.05) is 5.69 Å². The first-order valence-corrected chi connectivity index (χ1v) is 6.23. The first-order chi connectivity index (χ1) is 7.07. The molecule has 0 radical (unpaired) electrons. The number of rotatable bonds is 4. The summed E-state index contributed by atoms with van der Waals surface area (Å²) in [6.07, 6.45) is 0.563. The predicted molar refractivity (Wildman–Crippen MR) is 58.9 cm³/mol. The summed E-state index contributed by atoms with van der Waals surface area (Å²) in [5.74, 6) is 0.0871. The van der Waals surface area contributed by atoms with E-state index in [1.165, 1.54) is 6.07 Å². The van der Waals surface area contributed by atoms with Crippen molar-refractivity contribution in [3.05, 3.63) is 29.8 Å². The van der Waals surface area contributed by atoms with Gasteiger partial charge in [0.15, 0.2) is 0 Å². The van der Waals surface area contributed by atoms with E-state index >= 15 is 0 Å². The van der Waals surface area contributed by atoms with Gasteiger partial charge in [-0.2, -0.15) is 5.26 Å². The molecule has 1 N–H and O–H groups in total. The molecule has 0 saturated heterocycles. The summed E-state index contributed by atoms with van der Waals surface area (Å²) in [6, 6.07) is 8.34. The highest BCUT2D eigenvalue weighted by molar-refractivity contribution is 7.92. The fraction of sp³-hybridized carbons (Fsp3) is 0.300. The molecule has 0 aliphatic carbocycles. The molecule has 0 spiro atoms. The monoisotopic (exact) mass is 224 g/mol. The smallest absolute Gasteiger partial charge is 0.232 e. The van der Waals surface area contributed by atoms with Crippen molar-refractivity contribution < 1.29 is 8.42 Å². The van der Waals surface area contributed by atoms with Crippen LogP contribution >= 0.6 is 0 Å². The van der Waals surface area contributed by atoms with Crippen LogP contribution in [0.1, 0.15) is 18.9 Å². The molecule has 15 heavy (non-hydrogen) atoms. The Balaban J connectivity index is 2.86. The van der Waals surface area contributed by atoms with Crippen LogP contribution in [-0.2, 0) is 10.0 Å². The first kappa shape index (κ1) is 11.5. The molecule has 0 aliphatic heterocycles. The van der Waals surface area contributed by atoms with Gasteiger partial charge in [0.2, 0.25) is 10.0 Å². The van der Waals surface area contributed by atoms with Crippen LogP contribution in [0.5, 0.6) is 0 Å². The number of anilines is 1. The van der Waals surface area contributed by atoms with Crippen molar-refractivity contribution in [2.75, 3.05) is 10.5 Å². The normalized spacial score (nSPS) is 10.7. The summed E-state index contributed by atoms with van der Waals surface area (Å²) in [5, 5.41) is 8.64. The lowest BCUT2D eigenvalue weighted by molar-refractivity contribution is 0.600. The van der Waals surface area contributed by atoms with Crippen LogP contribution in [0.15, 0.2) is 24.3 Å². The number of benzene rings is 1. The molecule has 1 rings (SSSR count). The molecule has 1 aromatic carbocycles. The van der Waals surface area contributed by atoms with Crippen molar-refractivity contribution in [1.29, 1.82) is 5.26 Å². The molecule has 1 aromatic rings. The molecular formula is C10H12N2O2S. The molecule has 0 unspecified atom stereocenters. The molecule has 0 bridgehead atoms. The Bertz CT molecular complexity index is 474. The second kappa shape index (κ2) is 4.80. The SMILES string of the molecule is CCCS(=O)(=O)Nc1cccc(C#N)c1. The van der Waals surface area contributed by atoms with Crippen molar-refractivity contribution in [2.24, 2.45) is 0 Å². The maximum Gasteiger partial charge on any atom is 0.232 e. The van der Waals surface area contributed by atoms with E-state index in [4.69, 9.17) is 5.26 Å². The van der Waals surface area contributed by atoms with Gasteiger partial charge in [-0.1, -0.05) is 13.0 Å². The van der Waals surface area contributed by atoms with Crippen molar-refractivity contribution in [3.63, 3.8) is 0 Å². The van der Waals surface area contributed by atoms with Gasteiger partial charge in [0.25, 0.3) is 0 Å². The third kappa shape index (κ3) is 3.60. The fourth-order valence-electron chi connectivity index (χ4n) is 1.15. The van der Waals surface area contributed by atoms with Crippen molar-refractivity contribution >= 4 is 15.7 Å². The fourth-order valence-corrected chi connectivity index (χ4v) is 2.28. The quantitative estimate of drug-likeness (QED) is 0.846. The topological polar surface area (TPSA) is 70.0 Å². The van der Waals surface area contributed by atoms with E-state index in [1.807, 2.05) is 6.07 Å². The third-order valence-electron chi connectivity index (χ3n) is 1.74. The van der Waals surface area contributed by atoms with Crippen LogP contribution in [0.3, 0.4) is 0 Å². The molecule has 0 aromatic heterocycles. The van der Waals surface area contributed by atoms with E-state index in [2.05, 4.69) is 4.72 Å². The third-order valence-corrected chi connectivity index (χ3v) is 3.23. The average molecular weight is 224 g/mol. The minimum absolute atomic E-state index is 0.0871. The van der Waals surface area contributed by atoms with Crippen LogP contribution in [-0.4, -0.2) is 14.2 Å². The molecule has 5 heteroatoms. The Labute approximate surface area is 89.6 Å². The predicted octanol–water partition coefficient (Wildman–Crippen LogP) is 1.71. The van der Waals surface area contributed by atoms with Crippen molar-refractivity contribution in [1.82, 2.24) is 0 Å². The lowest BCUT2D eigenvalue weighted by Crippen LogP contribution is -2.16. The maximum atomic E-state index is 11.4. The summed E-state index contributed by atoms with van der Waals surface area (Å²) < 4.78 is 25.2. The minimum Gasteiger partial charge on any atom is -0.284 e. The zero-order chi connectivity index (χ0) is 11.3. The Morgan fingerprint density at radius 3 is 2.80 bits per heavy atom. The highest BCUT2D eigenvalue weighted by atomic mass is 32.2. The zero-order valence-corrected chi connectivity index (χ0v) is 9.21. The number of hydrogen-bond acceptors (Lipinski definition) is 3. The molecular weight excluding hydrogens is 212 g/mol. The van der Waals surface area contributed by atoms with Crippen LogP contribution in [0.25, 0.3) is 0 Å². The summed E-state index contributed by atoms with van der Waals surface area (Å²) in [4.78, 5) is 0. The average Bonchev–Trinajstić information content (AvgIpc) is 2.17. The van der Waals surface area contributed by atoms with Gasteiger partial charge < -0.3 is 0 Å². The second-order valence-corrected chi connectivity index (χ2v) is 4.96. The highest BCUT2D eigenvalue weighted by Gasteiger charge is 2.08. The number of sulfonamides is 1. The summed E-state index contributed by atoms with van der Waals surface area (Å²) in [7, 11) is -3.27. The Morgan fingerprint density at radius 1 is 1.47 bits per heavy atom. The first-order valence-electron chi connectivity index (χ1n) is 4.58. The molecule has 0 heterocycles. The van der Waals surface area contributed by atoms with Crippen LogP contribution < -0.4 is 4.72 Å². The Morgan fingerprint density at radius 2 is 2.20 bits per heavy atom. The van der Waals surface area contributed by atoms with E-state index in [-0.39, 0.29) is 5.75 Å². The van der Waals surface area contributed by atoms with Gasteiger partial charge in [-0.25, -0.2) is 8.42 Å². The zero-order valence-electron chi connectivity index (χ0n) is 8.40. The van der Waals surface area contributed by atoms with Gasteiger partial charge in [-0.3, -0.25) is 4.72 Å². The van der Waals surface area contributed by atoms with Gasteiger partial charge in [-0.15, -0.1) is 0 Å². The molecule has 4 nitrogen and oxygen atoms in total. The Hall–Kier alpha value is -1.54. The van der Waals surface area contributed by atoms with E-state index in [9.17, 15) is 8.42 Å². The number of nitrogens with zero attached hydrogens (tertiary/aromatic N) is 1. The minimum atomic E-state index is -3.27. The molecule has 0 saturated carbocycles. The van der Waals surface area contributed by atoms with Gasteiger partial charge in [0.05, 0.1) is 17.4 Å². The molecule has 0 amide bonds. The Kier molecular flexibility index (Phi) is 3.69. The van der Waals surface area contributed by atoms with E-state index in [1.54, 1.807) is 25.1 Å². The van der Waals surface area contributed by atoms with E-state index in [0.29, 0.717) is 17.7 Å². The van der Waals surface area contributed by atoms with Gasteiger partial charge in [-0.05, 0) is 24.6 Å². The maximum absolute atomic E-state index is 11.4. The largest absolute Gasteiger partial charge is 0.284 e. The van der Waals surface area contributed by atoms with Crippen LogP contribution in [0.4, 0.5) is 5.69 Å².